The Labute approximate surface area is 155 Å². The number of rotatable bonds is 6. The van der Waals surface area contributed by atoms with E-state index in [4.69, 9.17) is 0 Å². The molecule has 18 heteroatoms. The van der Waals surface area contributed by atoms with Crippen molar-refractivity contribution in [3.05, 3.63) is 24.2 Å². The minimum atomic E-state index is -8.14. The number of carbonyl (C=O) groups is 2. The first-order valence-corrected chi connectivity index (χ1v) is 6.76. The zero-order valence-electron chi connectivity index (χ0n) is 13.4. The van der Waals surface area contributed by atoms with Crippen LogP contribution in [0.2, 0.25) is 0 Å². The third kappa shape index (κ3) is 3.62. The number of alkyl halides is 13. The lowest BCUT2D eigenvalue weighted by Gasteiger charge is -2.39. The van der Waals surface area contributed by atoms with Gasteiger partial charge in [-0.05, 0) is 12.1 Å². The van der Waals surface area contributed by atoms with Gasteiger partial charge in [0.15, 0.2) is 5.76 Å². The second kappa shape index (κ2) is 7.22. The maximum Gasteiger partial charge on any atom is 0.460 e. The van der Waals surface area contributed by atoms with Crippen molar-refractivity contribution in [2.24, 2.45) is 0 Å². The van der Waals surface area contributed by atoms with Crippen molar-refractivity contribution in [3.63, 3.8) is 0 Å². The molecule has 0 spiro atoms. The van der Waals surface area contributed by atoms with E-state index in [1.807, 2.05) is 0 Å². The number of nitrogens with one attached hydrogen (secondary N) is 2. The molecule has 0 aliphatic heterocycles. The van der Waals surface area contributed by atoms with Crippen LogP contribution in [0.5, 0.6) is 0 Å². The molecule has 30 heavy (non-hydrogen) atoms. The summed E-state index contributed by atoms with van der Waals surface area (Å²) in [7, 11) is 0. The third-order valence-corrected chi connectivity index (χ3v) is 3.25. The summed E-state index contributed by atoms with van der Waals surface area (Å²) in [6.07, 6.45) is -6.76. The number of hydrogen-bond acceptors (Lipinski definition) is 3. The standard InChI is InChI=1S/C12H5F13N2O3/c13-7(14,6(29)27-26-5(28)4-2-1-3-30-4)8(15,16)9(17,18)10(19,20)11(21,22)12(23,24)25/h1-3H,(H,26,28)(H,27,29). The highest BCUT2D eigenvalue weighted by Gasteiger charge is 2.91. The normalized spacial score (nSPS) is 14.4. The van der Waals surface area contributed by atoms with E-state index in [-0.39, 0.29) is 0 Å². The van der Waals surface area contributed by atoms with Gasteiger partial charge < -0.3 is 4.42 Å². The van der Waals surface area contributed by atoms with Crippen LogP contribution in [0.3, 0.4) is 0 Å². The van der Waals surface area contributed by atoms with Gasteiger partial charge >= 0.3 is 47.6 Å². The first-order valence-electron chi connectivity index (χ1n) is 6.76. The smallest absolute Gasteiger partial charge is 0.459 e. The van der Waals surface area contributed by atoms with Gasteiger partial charge in [-0.25, -0.2) is 0 Å². The summed E-state index contributed by atoms with van der Waals surface area (Å²) in [4.78, 5) is 22.3. The Balaban J connectivity index is 3.21. The minimum Gasteiger partial charge on any atom is -0.459 e. The van der Waals surface area contributed by atoms with Crippen LogP contribution in [0.4, 0.5) is 57.1 Å². The number of carbonyl (C=O) groups excluding carboxylic acids is 2. The van der Waals surface area contributed by atoms with Crippen LogP contribution >= 0.6 is 0 Å². The fourth-order valence-electron chi connectivity index (χ4n) is 1.57. The molecule has 0 radical (unpaired) electrons. The minimum absolute atomic E-state index is 0.393. The number of halogens is 13. The lowest BCUT2D eigenvalue weighted by molar-refractivity contribution is -0.436. The molecule has 0 aliphatic carbocycles. The average Bonchev–Trinajstić information content (AvgIpc) is 3.12. The molecule has 0 aliphatic rings. The summed E-state index contributed by atoms with van der Waals surface area (Å²) in [6, 6.07) is 1.82. The Bertz CT molecular complexity index is 786. The highest BCUT2D eigenvalue weighted by Crippen LogP contribution is 2.60. The van der Waals surface area contributed by atoms with Gasteiger partial charge in [-0.2, -0.15) is 57.1 Å². The molecular weight excluding hydrogens is 467 g/mol. The zero-order valence-corrected chi connectivity index (χ0v) is 13.4. The quantitative estimate of drug-likeness (QED) is 0.489. The van der Waals surface area contributed by atoms with Crippen LogP contribution in [-0.4, -0.2) is 47.6 Å². The molecule has 2 N–H and O–H groups in total. The Kier molecular flexibility index (Phi) is 6.10. The van der Waals surface area contributed by atoms with Crippen molar-refractivity contribution < 1.29 is 71.1 Å². The first-order chi connectivity index (χ1) is 13.2. The number of hydrazine groups is 1. The Hall–Kier alpha value is -2.69. The van der Waals surface area contributed by atoms with Crippen molar-refractivity contribution in [1.82, 2.24) is 10.9 Å². The van der Waals surface area contributed by atoms with Gasteiger partial charge in [0.05, 0.1) is 6.26 Å². The molecule has 1 aromatic rings. The van der Waals surface area contributed by atoms with Crippen LogP contribution in [0, 0.1) is 0 Å². The highest BCUT2D eigenvalue weighted by molar-refractivity contribution is 5.94. The molecule has 0 unspecified atom stereocenters. The summed E-state index contributed by atoms with van der Waals surface area (Å²) in [5.74, 6) is -45.1. The first kappa shape index (κ1) is 25.3. The molecule has 1 rings (SSSR count). The van der Waals surface area contributed by atoms with E-state index in [2.05, 4.69) is 4.42 Å². The molecule has 0 aromatic carbocycles. The second-order valence-corrected chi connectivity index (χ2v) is 5.26. The van der Waals surface area contributed by atoms with Crippen LogP contribution in [0.1, 0.15) is 10.6 Å². The Morgan fingerprint density at radius 2 is 1.17 bits per heavy atom. The van der Waals surface area contributed by atoms with Gasteiger partial charge in [-0.3, -0.25) is 20.4 Å². The largest absolute Gasteiger partial charge is 0.460 e. The van der Waals surface area contributed by atoms with Gasteiger partial charge in [0.25, 0.3) is 0 Å². The Morgan fingerprint density at radius 1 is 0.700 bits per heavy atom. The van der Waals surface area contributed by atoms with Gasteiger partial charge in [0, 0.05) is 0 Å². The second-order valence-electron chi connectivity index (χ2n) is 5.26. The van der Waals surface area contributed by atoms with Crippen molar-refractivity contribution in [2.45, 2.75) is 35.8 Å². The predicted octanol–water partition coefficient (Wildman–Crippen LogP) is 3.78. The summed E-state index contributed by atoms with van der Waals surface area (Å²) in [5.41, 5.74) is 1.29. The molecule has 1 heterocycles. The van der Waals surface area contributed by atoms with Gasteiger partial charge in [0.1, 0.15) is 0 Å². The van der Waals surface area contributed by atoms with Crippen molar-refractivity contribution in [1.29, 1.82) is 0 Å². The summed E-state index contributed by atoms with van der Waals surface area (Å²) >= 11 is 0. The molecule has 5 nitrogen and oxygen atoms in total. The predicted molar refractivity (Wildman–Crippen MR) is 65.1 cm³/mol. The number of amides is 2. The lowest BCUT2D eigenvalue weighted by atomic mass is 9.93. The van der Waals surface area contributed by atoms with E-state index < -0.39 is 53.4 Å². The van der Waals surface area contributed by atoms with Crippen molar-refractivity contribution in [2.75, 3.05) is 0 Å². The molecule has 0 fully saturated rings. The molecule has 172 valence electrons. The van der Waals surface area contributed by atoms with Gasteiger partial charge in [-0.1, -0.05) is 0 Å². The highest BCUT2D eigenvalue weighted by atomic mass is 19.4. The van der Waals surface area contributed by atoms with Gasteiger partial charge in [-0.15, -0.1) is 0 Å². The lowest BCUT2D eigenvalue weighted by Crippen LogP contribution is -2.72. The van der Waals surface area contributed by atoms with E-state index in [0.29, 0.717) is 5.43 Å². The van der Waals surface area contributed by atoms with Gasteiger partial charge in [0.2, 0.25) is 0 Å². The molecular formula is C12H5F13N2O3. The SMILES string of the molecule is O=C(NNC(=O)C(F)(F)C(F)(F)C(F)(F)C(F)(F)C(F)(F)C(F)(F)F)c1ccco1. The summed E-state index contributed by atoms with van der Waals surface area (Å²) in [5, 5.41) is 0. The van der Waals surface area contributed by atoms with Crippen LogP contribution in [0.15, 0.2) is 22.8 Å². The molecule has 0 saturated heterocycles. The monoisotopic (exact) mass is 472 g/mol. The summed E-state index contributed by atoms with van der Waals surface area (Å²) in [6.45, 7) is 0. The molecule has 1 aromatic heterocycles. The van der Waals surface area contributed by atoms with E-state index in [9.17, 15) is 66.7 Å². The maximum atomic E-state index is 13.4. The van der Waals surface area contributed by atoms with Crippen LogP contribution in [-0.2, 0) is 4.79 Å². The fourth-order valence-corrected chi connectivity index (χ4v) is 1.57. The van der Waals surface area contributed by atoms with E-state index >= 15 is 0 Å². The van der Waals surface area contributed by atoms with Crippen LogP contribution in [0.25, 0.3) is 0 Å². The number of hydrogen-bond donors (Lipinski definition) is 2. The Morgan fingerprint density at radius 3 is 1.57 bits per heavy atom. The molecule has 0 saturated carbocycles. The summed E-state index contributed by atoms with van der Waals surface area (Å²) < 4.78 is 171. The number of furan rings is 1. The maximum absolute atomic E-state index is 13.4. The molecule has 0 atom stereocenters. The van der Waals surface area contributed by atoms with E-state index in [1.165, 1.54) is 0 Å². The van der Waals surface area contributed by atoms with Crippen LogP contribution < -0.4 is 10.9 Å². The average molecular weight is 472 g/mol. The van der Waals surface area contributed by atoms with E-state index in [1.54, 1.807) is 0 Å². The van der Waals surface area contributed by atoms with Crippen molar-refractivity contribution >= 4 is 11.8 Å². The molecule has 0 bridgehead atoms. The zero-order chi connectivity index (χ0) is 24.0. The van der Waals surface area contributed by atoms with E-state index in [0.717, 1.165) is 23.8 Å². The fraction of sp³-hybridized carbons (Fsp3) is 0.500. The molecule has 2 amide bonds. The third-order valence-electron chi connectivity index (χ3n) is 3.25. The topological polar surface area (TPSA) is 71.3 Å². The van der Waals surface area contributed by atoms with Crippen molar-refractivity contribution in [3.8, 4) is 0 Å².